The highest BCUT2D eigenvalue weighted by Crippen LogP contribution is 2.19. The lowest BCUT2D eigenvalue weighted by Crippen LogP contribution is -2.07. The van der Waals surface area contributed by atoms with Gasteiger partial charge in [-0.2, -0.15) is 0 Å². The van der Waals surface area contributed by atoms with Crippen molar-refractivity contribution in [3.8, 4) is 5.75 Å². The van der Waals surface area contributed by atoms with Gasteiger partial charge in [-0.1, -0.05) is 0 Å². The predicted octanol–water partition coefficient (Wildman–Crippen LogP) is 3.18. The fraction of sp³-hybridized carbons (Fsp3) is 0.538. The highest BCUT2D eigenvalue weighted by Gasteiger charge is 1.94. The van der Waals surface area contributed by atoms with Crippen LogP contribution < -0.4 is 10.1 Å². The molecule has 0 fully saturated rings. The number of hydrogen-bond donors (Lipinski definition) is 1. The van der Waals surface area contributed by atoms with Crippen LogP contribution in [0.3, 0.4) is 0 Å². The molecule has 16 heavy (non-hydrogen) atoms. The molecule has 0 spiro atoms. The molecule has 90 valence electrons. The number of hydrogen-bond acceptors (Lipinski definition) is 3. The molecule has 1 aromatic carbocycles. The molecule has 2 nitrogen and oxygen atoms in total. The van der Waals surface area contributed by atoms with E-state index >= 15 is 0 Å². The number of unbranched alkanes of at least 4 members (excludes halogenated alkanes) is 2. The molecule has 0 bridgehead atoms. The monoisotopic (exact) mass is 239 g/mol. The summed E-state index contributed by atoms with van der Waals surface area (Å²) in [6, 6.07) is 8.28. The molecular formula is C13H21NOS. The molecular weight excluding hydrogens is 218 g/mol. The first-order valence-corrected chi connectivity index (χ1v) is 7.00. The Hall–Kier alpha value is -0.670. The van der Waals surface area contributed by atoms with E-state index in [9.17, 15) is 0 Å². The molecule has 0 saturated carbocycles. The van der Waals surface area contributed by atoms with Crippen molar-refractivity contribution in [2.75, 3.05) is 26.5 Å². The summed E-state index contributed by atoms with van der Waals surface area (Å²) in [5, 5.41) is 3.15. The predicted molar refractivity (Wildman–Crippen MR) is 71.5 cm³/mol. The summed E-state index contributed by atoms with van der Waals surface area (Å²) in [4.78, 5) is 1.28. The standard InChI is InChI=1S/C13H21NOS/c1-14-10-4-3-5-11-15-12-6-8-13(16-2)9-7-12/h6-9,14H,3-5,10-11H2,1-2H3. The highest BCUT2D eigenvalue weighted by atomic mass is 32.2. The van der Waals surface area contributed by atoms with E-state index in [0.29, 0.717) is 0 Å². The van der Waals surface area contributed by atoms with Crippen LogP contribution in [-0.2, 0) is 0 Å². The van der Waals surface area contributed by atoms with Gasteiger partial charge in [-0.25, -0.2) is 0 Å². The molecule has 1 aromatic rings. The van der Waals surface area contributed by atoms with Crippen molar-refractivity contribution < 1.29 is 4.74 Å². The normalized spacial score (nSPS) is 10.4. The molecule has 0 aliphatic carbocycles. The number of rotatable bonds is 8. The summed E-state index contributed by atoms with van der Waals surface area (Å²) in [5.41, 5.74) is 0. The Kier molecular flexibility index (Phi) is 7.10. The Bertz CT molecular complexity index is 274. The largest absolute Gasteiger partial charge is 0.494 e. The van der Waals surface area contributed by atoms with Crippen molar-refractivity contribution in [1.82, 2.24) is 5.32 Å². The van der Waals surface area contributed by atoms with Crippen LogP contribution in [0.15, 0.2) is 29.2 Å². The van der Waals surface area contributed by atoms with Gasteiger partial charge in [0, 0.05) is 4.90 Å². The van der Waals surface area contributed by atoms with Crippen LogP contribution in [0.4, 0.5) is 0 Å². The molecule has 1 rings (SSSR count). The second kappa shape index (κ2) is 8.48. The summed E-state index contributed by atoms with van der Waals surface area (Å²) < 4.78 is 5.66. The van der Waals surface area contributed by atoms with Crippen LogP contribution in [0, 0.1) is 0 Å². The average molecular weight is 239 g/mol. The second-order valence-electron chi connectivity index (χ2n) is 3.69. The number of nitrogens with one attached hydrogen (secondary N) is 1. The zero-order valence-electron chi connectivity index (χ0n) is 10.2. The van der Waals surface area contributed by atoms with Gasteiger partial charge in [0.15, 0.2) is 0 Å². The van der Waals surface area contributed by atoms with Crippen LogP contribution in [0.5, 0.6) is 5.75 Å². The summed E-state index contributed by atoms with van der Waals surface area (Å²) in [6.07, 6.45) is 5.67. The van der Waals surface area contributed by atoms with Gasteiger partial charge >= 0.3 is 0 Å². The van der Waals surface area contributed by atoms with Crippen LogP contribution in [0.2, 0.25) is 0 Å². The van der Waals surface area contributed by atoms with E-state index in [1.807, 2.05) is 19.2 Å². The maximum Gasteiger partial charge on any atom is 0.119 e. The summed E-state index contributed by atoms with van der Waals surface area (Å²) >= 11 is 1.75. The third kappa shape index (κ3) is 5.42. The lowest BCUT2D eigenvalue weighted by molar-refractivity contribution is 0.305. The first-order valence-electron chi connectivity index (χ1n) is 5.78. The Morgan fingerprint density at radius 1 is 1.12 bits per heavy atom. The lowest BCUT2D eigenvalue weighted by Gasteiger charge is -2.06. The topological polar surface area (TPSA) is 21.3 Å². The highest BCUT2D eigenvalue weighted by molar-refractivity contribution is 7.98. The lowest BCUT2D eigenvalue weighted by atomic mass is 10.2. The smallest absolute Gasteiger partial charge is 0.119 e. The van der Waals surface area contributed by atoms with Gasteiger partial charge < -0.3 is 10.1 Å². The molecule has 0 aliphatic rings. The summed E-state index contributed by atoms with van der Waals surface area (Å²) in [6.45, 7) is 1.92. The molecule has 0 radical (unpaired) electrons. The molecule has 0 saturated heterocycles. The minimum absolute atomic E-state index is 0.822. The van der Waals surface area contributed by atoms with Crippen LogP contribution in [0.1, 0.15) is 19.3 Å². The molecule has 0 heterocycles. The fourth-order valence-corrected chi connectivity index (χ4v) is 1.85. The van der Waals surface area contributed by atoms with Crippen LogP contribution in [0.25, 0.3) is 0 Å². The van der Waals surface area contributed by atoms with E-state index in [4.69, 9.17) is 4.74 Å². The van der Waals surface area contributed by atoms with E-state index in [1.165, 1.54) is 17.7 Å². The van der Waals surface area contributed by atoms with E-state index < -0.39 is 0 Å². The number of benzene rings is 1. The third-order valence-corrected chi connectivity index (χ3v) is 3.14. The number of thioether (sulfide) groups is 1. The van der Waals surface area contributed by atoms with E-state index in [-0.39, 0.29) is 0 Å². The quantitative estimate of drug-likeness (QED) is 0.556. The van der Waals surface area contributed by atoms with Crippen LogP contribution in [-0.4, -0.2) is 26.5 Å². The van der Waals surface area contributed by atoms with Crippen molar-refractivity contribution >= 4 is 11.8 Å². The molecule has 0 atom stereocenters. The molecule has 3 heteroatoms. The maximum atomic E-state index is 5.66. The van der Waals surface area contributed by atoms with Gasteiger partial charge in [-0.15, -0.1) is 11.8 Å². The first-order chi connectivity index (χ1) is 7.86. The van der Waals surface area contributed by atoms with Gasteiger partial charge in [-0.3, -0.25) is 0 Å². The Morgan fingerprint density at radius 3 is 2.50 bits per heavy atom. The number of ether oxygens (including phenoxy) is 1. The first kappa shape index (κ1) is 13.4. The third-order valence-electron chi connectivity index (χ3n) is 2.40. The average Bonchev–Trinajstić information content (AvgIpc) is 2.34. The van der Waals surface area contributed by atoms with Gasteiger partial charge in [0.1, 0.15) is 5.75 Å². The molecule has 0 amide bonds. The van der Waals surface area contributed by atoms with E-state index in [1.54, 1.807) is 11.8 Å². The fourth-order valence-electron chi connectivity index (χ4n) is 1.44. The van der Waals surface area contributed by atoms with E-state index in [0.717, 1.165) is 25.3 Å². The Labute approximate surface area is 103 Å². The van der Waals surface area contributed by atoms with Crippen molar-refractivity contribution in [2.45, 2.75) is 24.2 Å². The molecule has 0 aromatic heterocycles. The molecule has 0 unspecified atom stereocenters. The summed E-state index contributed by atoms with van der Waals surface area (Å²) in [7, 11) is 1.99. The Balaban J connectivity index is 2.12. The van der Waals surface area contributed by atoms with Gasteiger partial charge in [-0.05, 0) is 63.4 Å². The Morgan fingerprint density at radius 2 is 1.88 bits per heavy atom. The zero-order valence-corrected chi connectivity index (χ0v) is 11.0. The maximum absolute atomic E-state index is 5.66. The summed E-state index contributed by atoms with van der Waals surface area (Å²) in [5.74, 6) is 0.978. The van der Waals surface area contributed by atoms with Crippen LogP contribution >= 0.6 is 11.8 Å². The zero-order chi connectivity index (χ0) is 11.6. The minimum atomic E-state index is 0.822. The van der Waals surface area contributed by atoms with Gasteiger partial charge in [0.25, 0.3) is 0 Å². The van der Waals surface area contributed by atoms with Crippen molar-refractivity contribution in [1.29, 1.82) is 0 Å². The van der Waals surface area contributed by atoms with Crippen molar-refractivity contribution in [2.24, 2.45) is 0 Å². The van der Waals surface area contributed by atoms with Gasteiger partial charge in [0.05, 0.1) is 6.61 Å². The van der Waals surface area contributed by atoms with Crippen molar-refractivity contribution in [3.63, 3.8) is 0 Å². The molecule has 0 aliphatic heterocycles. The molecule has 1 N–H and O–H groups in total. The second-order valence-corrected chi connectivity index (χ2v) is 4.57. The van der Waals surface area contributed by atoms with Crippen molar-refractivity contribution in [3.05, 3.63) is 24.3 Å². The minimum Gasteiger partial charge on any atom is -0.494 e. The SMILES string of the molecule is CNCCCCCOc1ccc(SC)cc1. The van der Waals surface area contributed by atoms with Gasteiger partial charge in [0.2, 0.25) is 0 Å². The van der Waals surface area contributed by atoms with E-state index in [2.05, 4.69) is 23.7 Å².